The molecule has 0 N–H and O–H groups in total. The summed E-state index contributed by atoms with van der Waals surface area (Å²) in [6, 6.07) is -5.00. The molecule has 0 heterocycles. The summed E-state index contributed by atoms with van der Waals surface area (Å²) in [5, 5.41) is 0. The van der Waals surface area contributed by atoms with Crippen LogP contribution in [0, 0.1) is 11.6 Å². The first kappa shape index (κ1) is 22.4. The van der Waals surface area contributed by atoms with Gasteiger partial charge in [0.25, 0.3) is 0 Å². The quantitative estimate of drug-likeness (QED) is 0.247. The molecule has 0 aliphatic rings. The smallest absolute Gasteiger partial charge is 0.277 e. The Morgan fingerprint density at radius 3 is 2.08 bits per heavy atom. The molecule has 1 nitrogen and oxygen atoms in total. The lowest BCUT2D eigenvalue weighted by Gasteiger charge is -2.39. The van der Waals surface area contributed by atoms with Crippen LogP contribution in [0.2, 0.25) is 0 Å². The molecule has 0 radical (unpaired) electrons. The van der Waals surface area contributed by atoms with Crippen molar-refractivity contribution in [3.63, 3.8) is 0 Å². The highest BCUT2D eigenvalue weighted by Gasteiger charge is 2.73. The molecule has 0 spiro atoms. The lowest BCUT2D eigenvalue weighted by atomic mass is 10.0. The third-order valence-corrected chi connectivity index (χ3v) is 3.84. The molecule has 0 saturated heterocycles. The maximum absolute atomic E-state index is 14.1. The molecule has 10 heteroatoms. The van der Waals surface area contributed by atoms with Crippen LogP contribution in [0.3, 0.4) is 0 Å². The molecule has 1 aromatic rings. The second kappa shape index (κ2) is 8.39. The van der Waals surface area contributed by atoms with Gasteiger partial charge in [-0.05, 0) is 18.6 Å². The molecule has 0 aromatic heterocycles. The minimum Gasteiger partial charge on any atom is -0.277 e. The van der Waals surface area contributed by atoms with Crippen LogP contribution >= 0.6 is 0 Å². The van der Waals surface area contributed by atoms with Crippen molar-refractivity contribution in [1.29, 1.82) is 0 Å². The maximum atomic E-state index is 14.1. The monoisotopic (exact) mass is 395 g/mol. The Balaban J connectivity index is 3.18. The summed E-state index contributed by atoms with van der Waals surface area (Å²) in [5.41, 5.74) is -1.58. The molecule has 0 aliphatic carbocycles. The first-order valence-corrected chi connectivity index (χ1v) is 7.84. The summed E-state index contributed by atoms with van der Waals surface area (Å²) >= 11 is 0. The van der Waals surface area contributed by atoms with Gasteiger partial charge in [0, 0.05) is 12.5 Å². The van der Waals surface area contributed by atoms with E-state index in [-0.39, 0.29) is 12.5 Å². The van der Waals surface area contributed by atoms with E-state index in [1.54, 1.807) is 6.92 Å². The van der Waals surface area contributed by atoms with E-state index in [1.165, 1.54) is 0 Å². The second-order valence-corrected chi connectivity index (χ2v) is 5.77. The van der Waals surface area contributed by atoms with Crippen molar-refractivity contribution >= 4 is 5.69 Å². The number of anilines is 1. The molecule has 0 bridgehead atoms. The third-order valence-electron chi connectivity index (χ3n) is 3.84. The molecule has 0 unspecified atom stereocenters. The van der Waals surface area contributed by atoms with Crippen LogP contribution in [0.15, 0.2) is 18.2 Å². The van der Waals surface area contributed by atoms with Crippen molar-refractivity contribution in [3.05, 3.63) is 29.8 Å². The van der Waals surface area contributed by atoms with E-state index in [2.05, 4.69) is 0 Å². The zero-order chi connectivity index (χ0) is 20.2. The van der Waals surface area contributed by atoms with E-state index in [0.717, 1.165) is 0 Å². The topological polar surface area (TPSA) is 3.24 Å². The van der Waals surface area contributed by atoms with Gasteiger partial charge in [-0.25, -0.2) is 13.2 Å². The Morgan fingerprint density at radius 2 is 1.54 bits per heavy atom. The Kier molecular flexibility index (Phi) is 7.24. The van der Waals surface area contributed by atoms with Crippen molar-refractivity contribution in [1.82, 2.24) is 0 Å². The maximum Gasteiger partial charge on any atom is 0.397 e. The molecule has 1 aromatic carbocycles. The largest absolute Gasteiger partial charge is 0.397 e. The SMILES string of the molecule is CCCCCCC(F)(F)C(F)(F)C(F)(F)N(CF)c1cc(F)ccc1F. The number of benzene rings is 1. The minimum atomic E-state index is -6.02. The lowest BCUT2D eigenvalue weighted by Crippen LogP contribution is -2.62. The highest BCUT2D eigenvalue weighted by atomic mass is 19.3. The number of unbranched alkanes of at least 4 members (excludes halogenated alkanes) is 3. The highest BCUT2D eigenvalue weighted by Crippen LogP contribution is 2.50. The molecule has 0 atom stereocenters. The van der Waals surface area contributed by atoms with Gasteiger partial charge in [-0.2, -0.15) is 26.3 Å². The van der Waals surface area contributed by atoms with Crippen molar-refractivity contribution in [2.45, 2.75) is 56.9 Å². The zero-order valence-corrected chi connectivity index (χ0v) is 13.8. The van der Waals surface area contributed by atoms with Crippen LogP contribution in [0.5, 0.6) is 0 Å². The lowest BCUT2D eigenvalue weighted by molar-refractivity contribution is -0.311. The summed E-state index contributed by atoms with van der Waals surface area (Å²) in [7, 11) is 0. The standard InChI is InChI=1S/C16H18F9N/c1-2-3-4-5-8-14(20,21)15(22,23)16(24,25)26(10-17)13-9-11(18)6-7-12(13)19/h6-7,9H,2-5,8,10H2,1H3. The van der Waals surface area contributed by atoms with Gasteiger partial charge in [-0.15, -0.1) is 0 Å². The van der Waals surface area contributed by atoms with E-state index < -0.39 is 59.8 Å². The molecular weight excluding hydrogens is 377 g/mol. The van der Waals surface area contributed by atoms with Crippen LogP contribution in [-0.2, 0) is 0 Å². The van der Waals surface area contributed by atoms with Crippen LogP contribution in [0.4, 0.5) is 45.2 Å². The Hall–Kier alpha value is -1.61. The van der Waals surface area contributed by atoms with Crippen LogP contribution in [0.1, 0.15) is 39.0 Å². The highest BCUT2D eigenvalue weighted by molar-refractivity contribution is 5.49. The summed E-state index contributed by atoms with van der Waals surface area (Å²) in [5.74, 6) is -14.2. The third kappa shape index (κ3) is 4.37. The normalized spacial score (nSPS) is 13.2. The molecule has 0 amide bonds. The summed E-state index contributed by atoms with van der Waals surface area (Å²) in [6.07, 6.45) is -0.827. The second-order valence-electron chi connectivity index (χ2n) is 5.77. The molecule has 150 valence electrons. The molecular formula is C16H18F9N. The van der Waals surface area contributed by atoms with E-state index in [9.17, 15) is 39.5 Å². The first-order valence-electron chi connectivity index (χ1n) is 7.84. The van der Waals surface area contributed by atoms with Gasteiger partial charge in [0.05, 0.1) is 5.69 Å². The number of rotatable bonds is 10. The predicted octanol–water partition coefficient (Wildman–Crippen LogP) is 6.53. The van der Waals surface area contributed by atoms with Gasteiger partial charge >= 0.3 is 17.9 Å². The van der Waals surface area contributed by atoms with Crippen molar-refractivity contribution in [2.24, 2.45) is 0 Å². The fourth-order valence-corrected chi connectivity index (χ4v) is 2.30. The van der Waals surface area contributed by atoms with Crippen molar-refractivity contribution < 1.29 is 39.5 Å². The average Bonchev–Trinajstić information content (AvgIpc) is 2.55. The van der Waals surface area contributed by atoms with Crippen LogP contribution < -0.4 is 4.90 Å². The number of hydrogen-bond acceptors (Lipinski definition) is 1. The van der Waals surface area contributed by atoms with Gasteiger partial charge in [-0.3, -0.25) is 4.90 Å². The zero-order valence-electron chi connectivity index (χ0n) is 13.8. The summed E-state index contributed by atoms with van der Waals surface area (Å²) in [4.78, 5) is -1.20. The average molecular weight is 395 g/mol. The fourth-order valence-electron chi connectivity index (χ4n) is 2.30. The van der Waals surface area contributed by atoms with Gasteiger partial charge in [-0.1, -0.05) is 26.2 Å². The summed E-state index contributed by atoms with van der Waals surface area (Å²) < 4.78 is 123. The van der Waals surface area contributed by atoms with Gasteiger partial charge in [0.15, 0.2) is 6.80 Å². The molecule has 0 aliphatic heterocycles. The van der Waals surface area contributed by atoms with E-state index >= 15 is 0 Å². The first-order chi connectivity index (χ1) is 11.9. The van der Waals surface area contributed by atoms with E-state index in [4.69, 9.17) is 0 Å². The number of hydrogen-bond donors (Lipinski definition) is 0. The Labute approximate surface area is 144 Å². The Morgan fingerprint density at radius 1 is 0.923 bits per heavy atom. The van der Waals surface area contributed by atoms with Crippen LogP contribution in [-0.4, -0.2) is 24.7 Å². The molecule has 1 rings (SSSR count). The number of halogens is 9. The van der Waals surface area contributed by atoms with Gasteiger partial charge < -0.3 is 0 Å². The Bertz CT molecular complexity index is 589. The van der Waals surface area contributed by atoms with Gasteiger partial charge in [0.1, 0.15) is 11.6 Å². The van der Waals surface area contributed by atoms with E-state index in [0.29, 0.717) is 25.0 Å². The van der Waals surface area contributed by atoms with E-state index in [1.807, 2.05) is 0 Å². The predicted molar refractivity (Wildman–Crippen MR) is 78.4 cm³/mol. The van der Waals surface area contributed by atoms with Crippen LogP contribution in [0.25, 0.3) is 0 Å². The molecule has 0 fully saturated rings. The fraction of sp³-hybridized carbons (Fsp3) is 0.625. The number of alkyl halides is 7. The minimum absolute atomic E-state index is 0.0261. The molecule has 0 saturated carbocycles. The number of nitrogens with zero attached hydrogens (tertiary/aromatic N) is 1. The molecule has 26 heavy (non-hydrogen) atoms. The van der Waals surface area contributed by atoms with Crippen molar-refractivity contribution in [2.75, 3.05) is 11.7 Å². The summed E-state index contributed by atoms with van der Waals surface area (Å²) in [6.45, 7) is -0.706. The van der Waals surface area contributed by atoms with Gasteiger partial charge in [0.2, 0.25) is 0 Å². The van der Waals surface area contributed by atoms with Crippen molar-refractivity contribution in [3.8, 4) is 0 Å².